The number of hydrazone groups is 1. The molecule has 2 N–H and O–H groups in total. The van der Waals surface area contributed by atoms with Gasteiger partial charge in [-0.2, -0.15) is 10.1 Å². The Balaban J connectivity index is 1.70. The monoisotopic (exact) mass is 462 g/mol. The van der Waals surface area contributed by atoms with E-state index in [4.69, 9.17) is 4.74 Å². The van der Waals surface area contributed by atoms with E-state index in [1.807, 2.05) is 55.5 Å². The van der Waals surface area contributed by atoms with Gasteiger partial charge in [-0.25, -0.2) is 10.2 Å². The second kappa shape index (κ2) is 9.75. The molecule has 2 aromatic heterocycles. The summed E-state index contributed by atoms with van der Waals surface area (Å²) in [6.07, 6.45) is -0.959. The summed E-state index contributed by atoms with van der Waals surface area (Å²) in [7, 11) is 2.94. The lowest BCUT2D eigenvalue weighted by Gasteiger charge is -2.15. The molecule has 0 bridgehead atoms. The third kappa shape index (κ3) is 4.62. The van der Waals surface area contributed by atoms with Crippen molar-refractivity contribution in [1.82, 2.24) is 18.7 Å². The first kappa shape index (κ1) is 23.0. The largest absolute Gasteiger partial charge is 0.491 e. The van der Waals surface area contributed by atoms with Crippen molar-refractivity contribution in [3.8, 4) is 5.75 Å². The number of benzene rings is 2. The Hall–Kier alpha value is -4.18. The molecule has 0 saturated heterocycles. The van der Waals surface area contributed by atoms with Gasteiger partial charge in [0.2, 0.25) is 5.95 Å². The third-order valence-corrected chi connectivity index (χ3v) is 5.44. The molecular formula is C24H26N6O4. The number of hydrogen-bond donors (Lipinski definition) is 2. The van der Waals surface area contributed by atoms with Crippen molar-refractivity contribution >= 4 is 22.8 Å². The number of nitrogens with one attached hydrogen (secondary N) is 1. The van der Waals surface area contributed by atoms with E-state index in [0.29, 0.717) is 11.5 Å². The Morgan fingerprint density at radius 3 is 2.38 bits per heavy atom. The molecular weight excluding hydrogens is 436 g/mol. The lowest BCUT2D eigenvalue weighted by atomic mass is 10.1. The topological polar surface area (TPSA) is 116 Å². The molecule has 0 fully saturated rings. The van der Waals surface area contributed by atoms with Gasteiger partial charge in [0.15, 0.2) is 11.2 Å². The summed E-state index contributed by atoms with van der Waals surface area (Å²) >= 11 is 0. The van der Waals surface area contributed by atoms with Gasteiger partial charge in [-0.3, -0.25) is 13.9 Å². The number of ether oxygens (including phenoxy) is 1. The van der Waals surface area contributed by atoms with E-state index in [2.05, 4.69) is 15.5 Å². The third-order valence-electron chi connectivity index (χ3n) is 5.44. The second-order valence-corrected chi connectivity index (χ2v) is 7.88. The number of nitrogens with zero attached hydrogens (tertiary/aromatic N) is 5. The summed E-state index contributed by atoms with van der Waals surface area (Å²) in [5, 5.41) is 15.1. The van der Waals surface area contributed by atoms with Crippen LogP contribution in [0.1, 0.15) is 12.5 Å². The Labute approximate surface area is 195 Å². The van der Waals surface area contributed by atoms with Gasteiger partial charge >= 0.3 is 5.69 Å². The number of aliphatic hydroxyl groups is 1. The molecule has 2 aromatic carbocycles. The summed E-state index contributed by atoms with van der Waals surface area (Å²) in [5.41, 5.74) is 3.88. The summed E-state index contributed by atoms with van der Waals surface area (Å²) in [6, 6.07) is 18.7. The number of rotatable bonds is 8. The van der Waals surface area contributed by atoms with E-state index >= 15 is 0 Å². The molecule has 34 heavy (non-hydrogen) atoms. The SMILES string of the molecule is CC(=NNc1nc2c(c(=O)n(C)c(=O)n2C)n1CC(O)COc1ccccc1)c1ccccc1. The van der Waals surface area contributed by atoms with E-state index in [0.717, 1.165) is 10.1 Å². The molecule has 10 heteroatoms. The molecule has 2 heterocycles. The van der Waals surface area contributed by atoms with Crippen LogP contribution in [0.2, 0.25) is 0 Å². The highest BCUT2D eigenvalue weighted by molar-refractivity contribution is 5.99. The minimum Gasteiger partial charge on any atom is -0.491 e. The zero-order chi connectivity index (χ0) is 24.2. The molecule has 0 saturated carbocycles. The number of imidazole rings is 1. The van der Waals surface area contributed by atoms with Crippen LogP contribution in [0, 0.1) is 0 Å². The normalized spacial score (nSPS) is 12.6. The van der Waals surface area contributed by atoms with Crippen LogP contribution in [0.5, 0.6) is 5.75 Å². The standard InChI is InChI=1S/C24H26N6O4/c1-16(17-10-6-4-7-11-17)26-27-23-25-21-20(22(32)29(3)24(33)28(21)2)30(23)14-18(31)15-34-19-12-8-5-9-13-19/h4-13,18,31H,14-15H2,1-3H3,(H,25,27). The first-order valence-corrected chi connectivity index (χ1v) is 10.7. The maximum absolute atomic E-state index is 13.0. The molecule has 0 aliphatic rings. The zero-order valence-electron chi connectivity index (χ0n) is 19.2. The number of fused-ring (bicyclic) bond motifs is 1. The van der Waals surface area contributed by atoms with E-state index in [-0.39, 0.29) is 30.3 Å². The molecule has 1 atom stereocenters. The molecule has 0 aliphatic carbocycles. The molecule has 0 aliphatic heterocycles. The predicted molar refractivity (Wildman–Crippen MR) is 130 cm³/mol. The van der Waals surface area contributed by atoms with Crippen LogP contribution >= 0.6 is 0 Å². The van der Waals surface area contributed by atoms with Crippen LogP contribution in [0.4, 0.5) is 5.95 Å². The van der Waals surface area contributed by atoms with Gasteiger partial charge in [0.25, 0.3) is 5.56 Å². The van der Waals surface area contributed by atoms with Crippen LogP contribution < -0.4 is 21.4 Å². The highest BCUT2D eigenvalue weighted by Gasteiger charge is 2.21. The Morgan fingerprint density at radius 2 is 1.71 bits per heavy atom. The number of aromatic nitrogens is 4. The predicted octanol–water partition coefficient (Wildman–Crippen LogP) is 1.71. The maximum atomic E-state index is 13.0. The molecule has 4 aromatic rings. The number of anilines is 1. The summed E-state index contributed by atoms with van der Waals surface area (Å²) < 4.78 is 9.48. The minimum atomic E-state index is -0.959. The summed E-state index contributed by atoms with van der Waals surface area (Å²) in [5.74, 6) is 0.846. The lowest BCUT2D eigenvalue weighted by Crippen LogP contribution is -2.38. The highest BCUT2D eigenvalue weighted by Crippen LogP contribution is 2.17. The first-order valence-electron chi connectivity index (χ1n) is 10.7. The number of aliphatic hydroxyl groups excluding tert-OH is 1. The van der Waals surface area contributed by atoms with Crippen LogP contribution in [0.3, 0.4) is 0 Å². The van der Waals surface area contributed by atoms with Crippen molar-refractivity contribution in [3.63, 3.8) is 0 Å². The molecule has 10 nitrogen and oxygen atoms in total. The zero-order valence-corrected chi connectivity index (χ0v) is 19.2. The van der Waals surface area contributed by atoms with Crippen LogP contribution in [-0.2, 0) is 20.6 Å². The fraction of sp³-hybridized carbons (Fsp3) is 0.250. The quantitative estimate of drug-likeness (QED) is 0.304. The van der Waals surface area contributed by atoms with E-state index in [1.165, 1.54) is 16.2 Å². The van der Waals surface area contributed by atoms with Gasteiger partial charge in [0.05, 0.1) is 12.3 Å². The number of aryl methyl sites for hydroxylation is 1. The average molecular weight is 463 g/mol. The second-order valence-electron chi connectivity index (χ2n) is 7.88. The number of para-hydroxylation sites is 1. The number of hydrogen-bond acceptors (Lipinski definition) is 7. The summed E-state index contributed by atoms with van der Waals surface area (Å²) in [6.45, 7) is 1.84. The van der Waals surface area contributed by atoms with E-state index in [9.17, 15) is 14.7 Å². The van der Waals surface area contributed by atoms with Crippen LogP contribution in [-0.4, -0.2) is 42.2 Å². The highest BCUT2D eigenvalue weighted by atomic mass is 16.5. The van der Waals surface area contributed by atoms with Crippen molar-refractivity contribution in [1.29, 1.82) is 0 Å². The Kier molecular flexibility index (Phi) is 6.60. The van der Waals surface area contributed by atoms with Crippen LogP contribution in [0.15, 0.2) is 75.4 Å². The van der Waals surface area contributed by atoms with E-state index < -0.39 is 17.4 Å². The molecule has 1 unspecified atom stereocenters. The Morgan fingerprint density at radius 1 is 1.06 bits per heavy atom. The van der Waals surface area contributed by atoms with Crippen molar-refractivity contribution in [3.05, 3.63) is 87.1 Å². The molecule has 4 rings (SSSR count). The van der Waals surface area contributed by atoms with Gasteiger partial charge in [-0.1, -0.05) is 48.5 Å². The molecule has 0 amide bonds. The van der Waals surface area contributed by atoms with Gasteiger partial charge in [0.1, 0.15) is 18.5 Å². The molecule has 0 spiro atoms. The lowest BCUT2D eigenvalue weighted by molar-refractivity contribution is 0.0938. The van der Waals surface area contributed by atoms with Gasteiger partial charge in [-0.15, -0.1) is 0 Å². The maximum Gasteiger partial charge on any atom is 0.332 e. The average Bonchev–Trinajstić information content (AvgIpc) is 3.22. The van der Waals surface area contributed by atoms with Gasteiger partial charge < -0.3 is 14.4 Å². The van der Waals surface area contributed by atoms with Crippen molar-refractivity contribution in [2.24, 2.45) is 19.2 Å². The van der Waals surface area contributed by atoms with Crippen molar-refractivity contribution in [2.45, 2.75) is 19.6 Å². The van der Waals surface area contributed by atoms with E-state index in [1.54, 1.807) is 19.2 Å². The van der Waals surface area contributed by atoms with Gasteiger partial charge in [-0.05, 0) is 24.6 Å². The fourth-order valence-corrected chi connectivity index (χ4v) is 3.56. The smallest absolute Gasteiger partial charge is 0.332 e. The van der Waals surface area contributed by atoms with Gasteiger partial charge in [0, 0.05) is 14.1 Å². The first-order chi connectivity index (χ1) is 16.4. The molecule has 176 valence electrons. The molecule has 0 radical (unpaired) electrons. The Bertz CT molecular complexity index is 1440. The van der Waals surface area contributed by atoms with Crippen LogP contribution in [0.25, 0.3) is 11.2 Å². The van der Waals surface area contributed by atoms with Crippen molar-refractivity contribution < 1.29 is 9.84 Å². The summed E-state index contributed by atoms with van der Waals surface area (Å²) in [4.78, 5) is 29.8. The fourth-order valence-electron chi connectivity index (χ4n) is 3.56. The minimum absolute atomic E-state index is 0.000977. The van der Waals surface area contributed by atoms with Crippen molar-refractivity contribution in [2.75, 3.05) is 12.0 Å².